The van der Waals surface area contributed by atoms with E-state index in [9.17, 15) is 9.59 Å². The Labute approximate surface area is 110 Å². The number of aryl methyl sites for hydroxylation is 1. The first kappa shape index (κ1) is 13.8. The molecule has 0 aromatic carbocycles. The molecule has 0 aliphatic carbocycles. The molecule has 0 spiro atoms. The molecule has 0 radical (unpaired) electrons. The third-order valence-corrected chi connectivity index (χ3v) is 3.08. The molecular weight excluding hydrogens is 248 g/mol. The van der Waals surface area contributed by atoms with E-state index in [4.69, 9.17) is 9.47 Å². The topological polar surface area (TPSA) is 62.5 Å². The molecule has 104 valence electrons. The average molecular weight is 266 g/mol. The number of nitrogens with zero attached hydrogens (tertiary/aromatic N) is 2. The fourth-order valence-electron chi connectivity index (χ4n) is 2.01. The third kappa shape index (κ3) is 2.69. The van der Waals surface area contributed by atoms with Gasteiger partial charge in [0.2, 0.25) is 0 Å². The highest BCUT2D eigenvalue weighted by Crippen LogP contribution is 2.15. The molecule has 2 rings (SSSR count). The second kappa shape index (κ2) is 5.54. The molecule has 1 aromatic heterocycles. The molecule has 0 saturated carbocycles. The Kier molecular flexibility index (Phi) is 4.01. The molecule has 1 aromatic rings. The van der Waals surface area contributed by atoms with Crippen LogP contribution >= 0.6 is 0 Å². The zero-order chi connectivity index (χ0) is 14.0. The summed E-state index contributed by atoms with van der Waals surface area (Å²) in [5.41, 5.74) is 0.638. The highest BCUT2D eigenvalue weighted by molar-refractivity contribution is 5.49. The van der Waals surface area contributed by atoms with Gasteiger partial charge in [-0.05, 0) is 19.9 Å². The normalized spacial score (nSPS) is 18.7. The van der Waals surface area contributed by atoms with Crippen LogP contribution in [-0.4, -0.2) is 35.1 Å². The van der Waals surface area contributed by atoms with Gasteiger partial charge < -0.3 is 9.47 Å². The summed E-state index contributed by atoms with van der Waals surface area (Å²) >= 11 is 0. The van der Waals surface area contributed by atoms with Crippen molar-refractivity contribution in [3.63, 3.8) is 0 Å². The number of hydrogen-bond donors (Lipinski definition) is 0. The Bertz CT molecular complexity index is 612. The Balaban J connectivity index is 2.34. The van der Waals surface area contributed by atoms with Crippen molar-refractivity contribution in [2.75, 3.05) is 19.8 Å². The lowest BCUT2D eigenvalue weighted by Gasteiger charge is -2.08. The molecule has 1 aliphatic rings. The van der Waals surface area contributed by atoms with Crippen molar-refractivity contribution >= 4 is 5.70 Å². The highest BCUT2D eigenvalue weighted by atomic mass is 16.5. The van der Waals surface area contributed by atoms with Crippen LogP contribution in [0.3, 0.4) is 0 Å². The summed E-state index contributed by atoms with van der Waals surface area (Å²) in [5.74, 6) is 0. The number of rotatable bonds is 4. The van der Waals surface area contributed by atoms with Crippen LogP contribution in [0.15, 0.2) is 21.9 Å². The van der Waals surface area contributed by atoms with Crippen LogP contribution in [0, 0.1) is 6.92 Å². The average Bonchev–Trinajstić information content (AvgIpc) is 2.86. The fourth-order valence-corrected chi connectivity index (χ4v) is 2.01. The van der Waals surface area contributed by atoms with Crippen LogP contribution < -0.4 is 11.2 Å². The van der Waals surface area contributed by atoms with E-state index >= 15 is 0 Å². The van der Waals surface area contributed by atoms with Crippen LogP contribution in [0.5, 0.6) is 0 Å². The molecule has 6 heteroatoms. The van der Waals surface area contributed by atoms with Crippen molar-refractivity contribution in [1.82, 2.24) is 9.13 Å². The maximum Gasteiger partial charge on any atom is 0.335 e. The second-order valence-corrected chi connectivity index (χ2v) is 4.50. The van der Waals surface area contributed by atoms with Crippen molar-refractivity contribution in [2.24, 2.45) is 7.05 Å². The molecule has 0 fully saturated rings. The SMILES string of the molecule is CCOC[C@@H]1C=C(n2cc(C)c(=O)n(C)c2=O)CO1. The maximum atomic E-state index is 12.0. The first-order valence-corrected chi connectivity index (χ1v) is 6.24. The molecule has 1 atom stereocenters. The van der Waals surface area contributed by atoms with E-state index in [0.717, 1.165) is 10.3 Å². The van der Waals surface area contributed by atoms with Gasteiger partial charge in [0.25, 0.3) is 5.56 Å². The Morgan fingerprint density at radius 3 is 2.89 bits per heavy atom. The van der Waals surface area contributed by atoms with E-state index in [2.05, 4.69) is 0 Å². The molecule has 6 nitrogen and oxygen atoms in total. The summed E-state index contributed by atoms with van der Waals surface area (Å²) in [6.45, 7) is 5.05. The van der Waals surface area contributed by atoms with Gasteiger partial charge in [0.1, 0.15) is 6.10 Å². The van der Waals surface area contributed by atoms with Crippen molar-refractivity contribution < 1.29 is 9.47 Å². The zero-order valence-corrected chi connectivity index (χ0v) is 11.4. The van der Waals surface area contributed by atoms with Gasteiger partial charge in [-0.2, -0.15) is 0 Å². The van der Waals surface area contributed by atoms with Gasteiger partial charge in [0.15, 0.2) is 0 Å². The Morgan fingerprint density at radius 2 is 2.21 bits per heavy atom. The van der Waals surface area contributed by atoms with E-state index < -0.39 is 0 Å². The molecule has 1 aliphatic heterocycles. The van der Waals surface area contributed by atoms with Crippen LogP contribution in [-0.2, 0) is 16.5 Å². The third-order valence-electron chi connectivity index (χ3n) is 3.08. The Morgan fingerprint density at radius 1 is 1.47 bits per heavy atom. The predicted molar refractivity (Wildman–Crippen MR) is 71.2 cm³/mol. The Hall–Kier alpha value is -1.66. The standard InChI is InChI=1S/C13H18N2O4/c1-4-18-8-11-5-10(7-19-11)15-6-9(2)12(16)14(3)13(15)17/h5-6,11H,4,7-8H2,1-3H3/t11-/m0/s1. The van der Waals surface area contributed by atoms with E-state index in [1.807, 2.05) is 13.0 Å². The van der Waals surface area contributed by atoms with Gasteiger partial charge >= 0.3 is 5.69 Å². The molecule has 19 heavy (non-hydrogen) atoms. The van der Waals surface area contributed by atoms with Crippen molar-refractivity contribution in [3.05, 3.63) is 38.7 Å². The second-order valence-electron chi connectivity index (χ2n) is 4.50. The monoisotopic (exact) mass is 266 g/mol. The van der Waals surface area contributed by atoms with Gasteiger partial charge in [0, 0.05) is 25.4 Å². The molecule has 2 heterocycles. The molecule has 0 bridgehead atoms. The first-order valence-electron chi connectivity index (χ1n) is 6.24. The first-order chi connectivity index (χ1) is 9.04. The van der Waals surface area contributed by atoms with E-state index in [-0.39, 0.29) is 17.4 Å². The number of hydrogen-bond acceptors (Lipinski definition) is 4. The van der Waals surface area contributed by atoms with Crippen LogP contribution in [0.1, 0.15) is 12.5 Å². The molecule has 0 unspecified atom stereocenters. The molecule has 0 N–H and O–H groups in total. The number of aromatic nitrogens is 2. The summed E-state index contributed by atoms with van der Waals surface area (Å²) in [5, 5.41) is 0. The van der Waals surface area contributed by atoms with Crippen LogP contribution in [0.4, 0.5) is 0 Å². The molecule has 0 saturated heterocycles. The van der Waals surface area contributed by atoms with Gasteiger partial charge in [-0.15, -0.1) is 0 Å². The van der Waals surface area contributed by atoms with Gasteiger partial charge in [0.05, 0.1) is 18.9 Å². The minimum absolute atomic E-state index is 0.139. The minimum Gasteiger partial charge on any atom is -0.379 e. The molecular formula is C13H18N2O4. The van der Waals surface area contributed by atoms with E-state index in [1.54, 1.807) is 13.1 Å². The number of ether oxygens (including phenoxy) is 2. The van der Waals surface area contributed by atoms with Crippen LogP contribution in [0.2, 0.25) is 0 Å². The largest absolute Gasteiger partial charge is 0.379 e. The predicted octanol–water partition coefficient (Wildman–Crippen LogP) is 0.132. The van der Waals surface area contributed by atoms with Crippen LogP contribution in [0.25, 0.3) is 5.70 Å². The van der Waals surface area contributed by atoms with Gasteiger partial charge in [-0.3, -0.25) is 13.9 Å². The highest BCUT2D eigenvalue weighted by Gasteiger charge is 2.19. The zero-order valence-electron chi connectivity index (χ0n) is 11.4. The summed E-state index contributed by atoms with van der Waals surface area (Å²) < 4.78 is 13.4. The van der Waals surface area contributed by atoms with Gasteiger partial charge in [-0.25, -0.2) is 4.79 Å². The lowest BCUT2D eigenvalue weighted by molar-refractivity contribution is 0.0349. The van der Waals surface area contributed by atoms with Crippen molar-refractivity contribution in [2.45, 2.75) is 20.0 Å². The fraction of sp³-hybridized carbons (Fsp3) is 0.538. The summed E-state index contributed by atoms with van der Waals surface area (Å²) in [7, 11) is 1.47. The van der Waals surface area contributed by atoms with E-state index in [0.29, 0.717) is 25.4 Å². The lowest BCUT2D eigenvalue weighted by atomic mass is 10.3. The lowest BCUT2D eigenvalue weighted by Crippen LogP contribution is -2.38. The molecule has 0 amide bonds. The summed E-state index contributed by atoms with van der Waals surface area (Å²) in [4.78, 5) is 23.7. The van der Waals surface area contributed by atoms with E-state index in [1.165, 1.54) is 11.6 Å². The van der Waals surface area contributed by atoms with Gasteiger partial charge in [-0.1, -0.05) is 0 Å². The summed E-state index contributed by atoms with van der Waals surface area (Å²) in [6.07, 6.45) is 3.28. The van der Waals surface area contributed by atoms with Crippen molar-refractivity contribution in [3.8, 4) is 0 Å². The smallest absolute Gasteiger partial charge is 0.335 e. The quantitative estimate of drug-likeness (QED) is 0.777. The maximum absolute atomic E-state index is 12.0. The van der Waals surface area contributed by atoms with Crippen molar-refractivity contribution in [1.29, 1.82) is 0 Å². The minimum atomic E-state index is -0.359. The summed E-state index contributed by atoms with van der Waals surface area (Å²) in [6, 6.07) is 0.